The number of benzene rings is 1. The van der Waals surface area contributed by atoms with Crippen molar-refractivity contribution >= 4 is 17.5 Å². The molecule has 1 aliphatic heterocycles. The summed E-state index contributed by atoms with van der Waals surface area (Å²) in [4.78, 5) is 29.8. The van der Waals surface area contributed by atoms with E-state index in [2.05, 4.69) is 15.6 Å². The Labute approximate surface area is 158 Å². The van der Waals surface area contributed by atoms with Crippen molar-refractivity contribution in [3.05, 3.63) is 47.0 Å². The average Bonchev–Trinajstić information content (AvgIpc) is 3.08. The van der Waals surface area contributed by atoms with Gasteiger partial charge in [-0.2, -0.15) is 5.26 Å². The van der Waals surface area contributed by atoms with Crippen LogP contribution in [0.5, 0.6) is 0 Å². The first kappa shape index (κ1) is 18.6. The number of imidazole rings is 1. The molecule has 3 rings (SSSR count). The van der Waals surface area contributed by atoms with Gasteiger partial charge in [-0.05, 0) is 56.9 Å². The normalized spacial score (nSPS) is 14.0. The maximum atomic E-state index is 12.8. The number of nitrogens with one attached hydrogen (secondary N) is 2. The van der Waals surface area contributed by atoms with Gasteiger partial charge in [-0.15, -0.1) is 0 Å². The molecular formula is C20H23N5O2. The van der Waals surface area contributed by atoms with Crippen molar-refractivity contribution in [3.63, 3.8) is 0 Å². The van der Waals surface area contributed by atoms with E-state index in [1.165, 1.54) is 0 Å². The van der Waals surface area contributed by atoms with E-state index in [9.17, 15) is 9.59 Å². The zero-order valence-electron chi connectivity index (χ0n) is 15.6. The Morgan fingerprint density at radius 3 is 2.67 bits per heavy atom. The van der Waals surface area contributed by atoms with Crippen LogP contribution in [-0.2, 0) is 13.0 Å². The fraction of sp³-hybridized carbons (Fsp3) is 0.400. The Morgan fingerprint density at radius 2 is 2.00 bits per heavy atom. The summed E-state index contributed by atoms with van der Waals surface area (Å²) < 4.78 is 1.86. The second kappa shape index (κ2) is 8.04. The Hall–Kier alpha value is -3.14. The first-order valence-corrected chi connectivity index (χ1v) is 9.25. The van der Waals surface area contributed by atoms with E-state index in [0.29, 0.717) is 23.5 Å². The van der Waals surface area contributed by atoms with Crippen LogP contribution in [0.15, 0.2) is 24.3 Å². The van der Waals surface area contributed by atoms with E-state index >= 15 is 0 Å². The number of rotatable bonds is 5. The third kappa shape index (κ3) is 4.00. The number of nitrogens with zero attached hydrogens (tertiary/aromatic N) is 3. The number of anilines is 1. The van der Waals surface area contributed by atoms with Crippen molar-refractivity contribution in [3.8, 4) is 6.07 Å². The molecule has 1 aromatic carbocycles. The quantitative estimate of drug-likeness (QED) is 0.851. The fourth-order valence-electron chi connectivity index (χ4n) is 3.11. The molecule has 140 valence electrons. The number of nitriles is 1. The smallest absolute Gasteiger partial charge is 0.291 e. The molecule has 2 heterocycles. The van der Waals surface area contributed by atoms with Crippen LogP contribution in [0.2, 0.25) is 0 Å². The van der Waals surface area contributed by atoms with Gasteiger partial charge in [0.05, 0.1) is 17.3 Å². The van der Waals surface area contributed by atoms with Crippen molar-refractivity contribution in [2.75, 3.05) is 5.32 Å². The van der Waals surface area contributed by atoms with Crippen LogP contribution in [0.4, 0.5) is 5.69 Å². The van der Waals surface area contributed by atoms with Gasteiger partial charge in [-0.1, -0.05) is 6.92 Å². The Morgan fingerprint density at radius 1 is 1.26 bits per heavy atom. The molecule has 0 fully saturated rings. The van der Waals surface area contributed by atoms with Gasteiger partial charge in [0.25, 0.3) is 11.8 Å². The highest BCUT2D eigenvalue weighted by Gasteiger charge is 2.27. The summed E-state index contributed by atoms with van der Waals surface area (Å²) in [6, 6.07) is 8.72. The maximum Gasteiger partial charge on any atom is 0.291 e. The molecule has 0 spiro atoms. The molecule has 0 radical (unpaired) electrons. The van der Waals surface area contributed by atoms with Gasteiger partial charge in [0.1, 0.15) is 5.69 Å². The summed E-state index contributed by atoms with van der Waals surface area (Å²) in [5, 5.41) is 14.6. The van der Waals surface area contributed by atoms with Crippen molar-refractivity contribution in [2.45, 2.75) is 52.1 Å². The highest BCUT2D eigenvalue weighted by Crippen LogP contribution is 2.22. The molecule has 2 N–H and O–H groups in total. The lowest BCUT2D eigenvalue weighted by atomic mass is 10.1. The summed E-state index contributed by atoms with van der Waals surface area (Å²) >= 11 is 0. The molecule has 0 aliphatic carbocycles. The summed E-state index contributed by atoms with van der Waals surface area (Å²) in [6.45, 7) is 4.62. The second-order valence-electron chi connectivity index (χ2n) is 6.77. The minimum atomic E-state index is -0.356. The van der Waals surface area contributed by atoms with E-state index in [4.69, 9.17) is 5.26 Å². The summed E-state index contributed by atoms with van der Waals surface area (Å²) in [7, 11) is 0. The van der Waals surface area contributed by atoms with Gasteiger partial charge in [-0.25, -0.2) is 4.98 Å². The van der Waals surface area contributed by atoms with Crippen molar-refractivity contribution in [1.82, 2.24) is 14.9 Å². The molecule has 7 nitrogen and oxygen atoms in total. The van der Waals surface area contributed by atoms with Gasteiger partial charge in [-0.3, -0.25) is 9.59 Å². The Bertz CT molecular complexity index is 892. The molecule has 0 bridgehead atoms. The molecule has 7 heteroatoms. The van der Waals surface area contributed by atoms with Crippen molar-refractivity contribution < 1.29 is 9.59 Å². The van der Waals surface area contributed by atoms with Crippen LogP contribution >= 0.6 is 0 Å². The molecule has 2 amide bonds. The molecule has 1 aromatic heterocycles. The Balaban J connectivity index is 1.87. The van der Waals surface area contributed by atoms with Crippen LogP contribution < -0.4 is 10.6 Å². The summed E-state index contributed by atoms with van der Waals surface area (Å²) in [6.07, 6.45) is 3.49. The molecule has 0 saturated carbocycles. The van der Waals surface area contributed by atoms with Crippen LogP contribution in [0.3, 0.4) is 0 Å². The van der Waals surface area contributed by atoms with Crippen molar-refractivity contribution in [2.24, 2.45) is 0 Å². The number of fused-ring (bicyclic) bond motifs is 1. The number of aromatic nitrogens is 2. The maximum absolute atomic E-state index is 12.8. The average molecular weight is 365 g/mol. The third-order valence-corrected chi connectivity index (χ3v) is 4.80. The molecule has 0 saturated heterocycles. The number of carbonyl (C=O) groups is 2. The standard InChI is InChI=1S/C20H23N5O2/c1-3-13(2)22-19(26)17-16-6-4-5-11-25(16)18(24-17)20(27)23-15-9-7-14(12-21)8-10-15/h7-10,13H,3-6,11H2,1-2H3,(H,22,26)(H,23,27). The number of carbonyl (C=O) groups excluding carboxylic acids is 2. The highest BCUT2D eigenvalue weighted by molar-refractivity contribution is 6.03. The van der Waals surface area contributed by atoms with Gasteiger partial charge >= 0.3 is 0 Å². The minimum absolute atomic E-state index is 0.0503. The topological polar surface area (TPSA) is 99.8 Å². The summed E-state index contributed by atoms with van der Waals surface area (Å²) in [5.74, 6) is -0.332. The largest absolute Gasteiger partial charge is 0.348 e. The van der Waals surface area contributed by atoms with Crippen LogP contribution in [0.1, 0.15) is 65.5 Å². The molecule has 1 aliphatic rings. The van der Waals surface area contributed by atoms with Gasteiger partial charge in [0, 0.05) is 18.3 Å². The highest BCUT2D eigenvalue weighted by atomic mass is 16.2. The van der Waals surface area contributed by atoms with Crippen molar-refractivity contribution in [1.29, 1.82) is 5.26 Å². The molecule has 1 atom stereocenters. The molecular weight excluding hydrogens is 342 g/mol. The van der Waals surface area contributed by atoms with Crippen LogP contribution in [0.25, 0.3) is 0 Å². The number of amides is 2. The first-order valence-electron chi connectivity index (χ1n) is 9.25. The third-order valence-electron chi connectivity index (χ3n) is 4.80. The number of hydrogen-bond acceptors (Lipinski definition) is 4. The lowest BCUT2D eigenvalue weighted by Crippen LogP contribution is -2.33. The van der Waals surface area contributed by atoms with E-state index in [1.54, 1.807) is 24.3 Å². The molecule has 1 unspecified atom stereocenters. The van der Waals surface area contributed by atoms with E-state index < -0.39 is 0 Å². The minimum Gasteiger partial charge on any atom is -0.348 e. The zero-order valence-corrected chi connectivity index (χ0v) is 15.6. The van der Waals surface area contributed by atoms with Gasteiger partial charge in [0.15, 0.2) is 5.82 Å². The van der Waals surface area contributed by atoms with Crippen LogP contribution in [0, 0.1) is 11.3 Å². The van der Waals surface area contributed by atoms with E-state index in [-0.39, 0.29) is 23.7 Å². The fourth-order valence-corrected chi connectivity index (χ4v) is 3.11. The monoisotopic (exact) mass is 365 g/mol. The second-order valence-corrected chi connectivity index (χ2v) is 6.77. The SMILES string of the molecule is CCC(C)NC(=O)c1nc(C(=O)Nc2ccc(C#N)cc2)n2c1CCCC2. The number of hydrogen-bond donors (Lipinski definition) is 2. The molecule has 2 aromatic rings. The summed E-state index contributed by atoms with van der Waals surface area (Å²) in [5.41, 5.74) is 2.28. The van der Waals surface area contributed by atoms with Gasteiger partial charge in [0.2, 0.25) is 0 Å². The van der Waals surface area contributed by atoms with Gasteiger partial charge < -0.3 is 15.2 Å². The van der Waals surface area contributed by atoms with E-state index in [0.717, 1.165) is 31.4 Å². The zero-order chi connectivity index (χ0) is 19.4. The molecule has 27 heavy (non-hydrogen) atoms. The van der Waals surface area contributed by atoms with E-state index in [1.807, 2.05) is 24.5 Å². The van der Waals surface area contributed by atoms with Crippen LogP contribution in [-0.4, -0.2) is 27.4 Å². The first-order chi connectivity index (χ1) is 13.0. The predicted octanol–water partition coefficient (Wildman–Crippen LogP) is 2.87. The predicted molar refractivity (Wildman–Crippen MR) is 101 cm³/mol. The lowest BCUT2D eigenvalue weighted by molar-refractivity contribution is 0.0933. The Kier molecular flexibility index (Phi) is 5.55. The lowest BCUT2D eigenvalue weighted by Gasteiger charge is -2.17.